The van der Waals surface area contributed by atoms with E-state index in [1.165, 1.54) is 36.4 Å². The van der Waals surface area contributed by atoms with E-state index in [-0.39, 0.29) is 11.5 Å². The Labute approximate surface area is 136 Å². The Bertz CT molecular complexity index is 844. The zero-order valence-corrected chi connectivity index (χ0v) is 12.8. The summed E-state index contributed by atoms with van der Waals surface area (Å²) in [6.45, 7) is 0. The molecule has 2 aromatic carbocycles. The van der Waals surface area contributed by atoms with Crippen LogP contribution in [0.3, 0.4) is 0 Å². The van der Waals surface area contributed by atoms with Crippen molar-refractivity contribution in [1.29, 1.82) is 0 Å². The second-order valence-corrected chi connectivity index (χ2v) is 5.86. The number of para-hydroxylation sites is 2. The highest BCUT2D eigenvalue weighted by Gasteiger charge is 2.37. The SMILES string of the molecule is O=C(OC(=O)S(=O)(=O)C(=O)Oc1ccccc1)Oc1ccccc1. The van der Waals surface area contributed by atoms with E-state index < -0.39 is 26.6 Å². The fourth-order valence-electron chi connectivity index (χ4n) is 1.44. The van der Waals surface area contributed by atoms with Crippen LogP contribution in [0.2, 0.25) is 0 Å². The highest BCUT2D eigenvalue weighted by atomic mass is 32.2. The van der Waals surface area contributed by atoms with Crippen LogP contribution in [0.15, 0.2) is 60.7 Å². The van der Waals surface area contributed by atoms with Crippen LogP contribution in [0.4, 0.5) is 14.4 Å². The third kappa shape index (κ3) is 4.40. The van der Waals surface area contributed by atoms with Crippen LogP contribution in [-0.4, -0.2) is 25.2 Å². The fourth-order valence-corrected chi connectivity index (χ4v) is 1.96. The molecule has 0 fully saturated rings. The third-order valence-corrected chi connectivity index (χ3v) is 3.54. The van der Waals surface area contributed by atoms with Gasteiger partial charge >= 0.3 is 26.6 Å². The molecule has 0 unspecified atom stereocenters. The molecule has 0 aliphatic carbocycles. The molecule has 0 bridgehead atoms. The van der Waals surface area contributed by atoms with Gasteiger partial charge in [-0.1, -0.05) is 36.4 Å². The van der Waals surface area contributed by atoms with Gasteiger partial charge in [-0.15, -0.1) is 0 Å². The monoisotopic (exact) mass is 350 g/mol. The number of benzene rings is 2. The first kappa shape index (κ1) is 17.2. The van der Waals surface area contributed by atoms with Gasteiger partial charge in [-0.05, 0) is 24.3 Å². The van der Waals surface area contributed by atoms with Crippen molar-refractivity contribution < 1.29 is 37.0 Å². The van der Waals surface area contributed by atoms with Gasteiger partial charge < -0.3 is 14.2 Å². The first-order valence-corrected chi connectivity index (χ1v) is 7.88. The van der Waals surface area contributed by atoms with E-state index in [0.717, 1.165) is 0 Å². The summed E-state index contributed by atoms with van der Waals surface area (Å²) in [7, 11) is -5.15. The van der Waals surface area contributed by atoms with Crippen molar-refractivity contribution in [2.24, 2.45) is 0 Å². The lowest BCUT2D eigenvalue weighted by atomic mass is 10.3. The molecule has 2 aromatic rings. The van der Waals surface area contributed by atoms with Crippen LogP contribution >= 0.6 is 0 Å². The number of hydrogen-bond acceptors (Lipinski definition) is 8. The maximum Gasteiger partial charge on any atom is 0.522 e. The predicted molar refractivity (Wildman–Crippen MR) is 80.3 cm³/mol. The largest absolute Gasteiger partial charge is 0.522 e. The van der Waals surface area contributed by atoms with Gasteiger partial charge in [0.2, 0.25) is 0 Å². The van der Waals surface area contributed by atoms with Crippen molar-refractivity contribution in [3.05, 3.63) is 60.7 Å². The molecular weight excluding hydrogens is 340 g/mol. The lowest BCUT2D eigenvalue weighted by Gasteiger charge is -2.05. The second-order valence-electron chi connectivity index (χ2n) is 4.19. The summed E-state index contributed by atoms with van der Waals surface area (Å²) in [6, 6.07) is 14.7. The molecular formula is C15H10O8S. The summed E-state index contributed by atoms with van der Waals surface area (Å²) in [5, 5.41) is -3.96. The number of carbonyl (C=O) groups excluding carboxylic acids is 3. The van der Waals surface area contributed by atoms with Crippen LogP contribution in [0.1, 0.15) is 0 Å². The molecule has 0 heterocycles. The third-order valence-electron chi connectivity index (χ3n) is 2.49. The van der Waals surface area contributed by atoms with E-state index in [1.54, 1.807) is 24.3 Å². The van der Waals surface area contributed by atoms with E-state index in [4.69, 9.17) is 0 Å². The smallest absolute Gasteiger partial charge is 0.414 e. The predicted octanol–water partition coefficient (Wildman–Crippen LogP) is 2.94. The Balaban J connectivity index is 1.99. The van der Waals surface area contributed by atoms with Gasteiger partial charge in [0.05, 0.1) is 0 Å². The number of carbonyl (C=O) groups is 3. The highest BCUT2D eigenvalue weighted by Crippen LogP contribution is 2.13. The van der Waals surface area contributed by atoms with Gasteiger partial charge in [0, 0.05) is 0 Å². The molecule has 0 radical (unpaired) electrons. The van der Waals surface area contributed by atoms with Crippen LogP contribution in [0.5, 0.6) is 11.5 Å². The molecule has 0 aromatic heterocycles. The average Bonchev–Trinajstić information content (AvgIpc) is 2.56. The standard InChI is InChI=1S/C15H10O8S/c16-13(21-11-7-3-1-4-8-11)23-15(18)24(19,20)14(17)22-12-9-5-2-6-10-12/h1-10H. The molecule has 2 rings (SSSR count). The summed E-state index contributed by atoms with van der Waals surface area (Å²) in [4.78, 5) is 34.4. The molecule has 0 atom stereocenters. The van der Waals surface area contributed by atoms with Crippen molar-refractivity contribution >= 4 is 26.6 Å². The van der Waals surface area contributed by atoms with E-state index in [0.29, 0.717) is 0 Å². The van der Waals surface area contributed by atoms with Crippen LogP contribution in [0.25, 0.3) is 0 Å². The molecule has 24 heavy (non-hydrogen) atoms. The molecule has 9 heteroatoms. The molecule has 0 N–H and O–H groups in total. The number of hydrogen-bond donors (Lipinski definition) is 0. The molecule has 0 aliphatic heterocycles. The zero-order valence-electron chi connectivity index (χ0n) is 11.9. The topological polar surface area (TPSA) is 113 Å². The zero-order chi connectivity index (χ0) is 17.6. The summed E-state index contributed by atoms with van der Waals surface area (Å²) in [5.74, 6) is -0.0645. The van der Waals surface area contributed by atoms with Crippen LogP contribution in [0, 0.1) is 0 Å². The normalized spacial score (nSPS) is 10.5. The van der Waals surface area contributed by atoms with Crippen molar-refractivity contribution in [1.82, 2.24) is 0 Å². The van der Waals surface area contributed by atoms with E-state index in [9.17, 15) is 22.8 Å². The van der Waals surface area contributed by atoms with Gasteiger partial charge in [-0.25, -0.2) is 22.8 Å². The molecule has 8 nitrogen and oxygen atoms in total. The summed E-state index contributed by atoms with van der Waals surface area (Å²) >= 11 is 0. The molecule has 124 valence electrons. The van der Waals surface area contributed by atoms with Crippen molar-refractivity contribution in [2.75, 3.05) is 0 Å². The van der Waals surface area contributed by atoms with Gasteiger partial charge in [0.25, 0.3) is 0 Å². The van der Waals surface area contributed by atoms with Gasteiger partial charge in [0.15, 0.2) is 0 Å². The first-order valence-electron chi connectivity index (χ1n) is 6.40. The molecule has 0 saturated carbocycles. The summed E-state index contributed by atoms with van der Waals surface area (Å²) < 4.78 is 36.4. The van der Waals surface area contributed by atoms with Crippen LogP contribution in [-0.2, 0) is 14.6 Å². The lowest BCUT2D eigenvalue weighted by molar-refractivity contribution is 0.127. The highest BCUT2D eigenvalue weighted by molar-refractivity contribution is 8.18. The molecule has 0 aliphatic rings. The fraction of sp³-hybridized carbons (Fsp3) is 0. The lowest BCUT2D eigenvalue weighted by Crippen LogP contribution is -2.30. The number of ether oxygens (including phenoxy) is 3. The van der Waals surface area contributed by atoms with Gasteiger partial charge in [0.1, 0.15) is 11.5 Å². The van der Waals surface area contributed by atoms with Crippen molar-refractivity contribution in [3.63, 3.8) is 0 Å². The maximum atomic E-state index is 11.7. The summed E-state index contributed by atoms with van der Waals surface area (Å²) in [6.07, 6.45) is -1.60. The van der Waals surface area contributed by atoms with Gasteiger partial charge in [-0.3, -0.25) is 0 Å². The van der Waals surface area contributed by atoms with Crippen LogP contribution < -0.4 is 9.47 Å². The quantitative estimate of drug-likeness (QED) is 0.461. The Hall–Kier alpha value is -3.20. The number of sulfone groups is 1. The molecule has 0 amide bonds. The van der Waals surface area contributed by atoms with E-state index in [2.05, 4.69) is 14.2 Å². The average molecular weight is 350 g/mol. The van der Waals surface area contributed by atoms with Crippen molar-refractivity contribution in [2.45, 2.75) is 0 Å². The Kier molecular flexibility index (Phi) is 5.27. The Morgan fingerprint density at radius 3 is 1.62 bits per heavy atom. The van der Waals surface area contributed by atoms with Crippen molar-refractivity contribution in [3.8, 4) is 11.5 Å². The minimum atomic E-state index is -5.15. The van der Waals surface area contributed by atoms with E-state index >= 15 is 0 Å². The maximum absolute atomic E-state index is 11.7. The first-order chi connectivity index (χ1) is 11.4. The van der Waals surface area contributed by atoms with E-state index in [1.807, 2.05) is 0 Å². The minimum absolute atomic E-state index is 0.0274. The summed E-state index contributed by atoms with van der Waals surface area (Å²) in [5.41, 5.74) is 0. The Morgan fingerprint density at radius 1 is 0.667 bits per heavy atom. The molecule has 0 saturated heterocycles. The van der Waals surface area contributed by atoms with Gasteiger partial charge in [-0.2, -0.15) is 0 Å². The Morgan fingerprint density at radius 2 is 1.12 bits per heavy atom. The second kappa shape index (κ2) is 7.38. The number of rotatable bonds is 2. The minimum Gasteiger partial charge on any atom is -0.414 e. The molecule has 0 spiro atoms.